The molecule has 0 rings (SSSR count). The first kappa shape index (κ1) is 11.3. The van der Waals surface area contributed by atoms with Crippen molar-refractivity contribution < 1.29 is 4.74 Å². The zero-order valence-corrected chi connectivity index (χ0v) is 8.63. The number of allylic oxidation sites excluding steroid dienone is 3. The summed E-state index contributed by atoms with van der Waals surface area (Å²) in [7, 11) is 0. The molecule has 1 heteroatoms. The van der Waals surface area contributed by atoms with Gasteiger partial charge in [0.05, 0.1) is 12.9 Å². The lowest BCUT2D eigenvalue weighted by Gasteiger charge is -2.04. The second-order valence-electron chi connectivity index (χ2n) is 3.46. The summed E-state index contributed by atoms with van der Waals surface area (Å²) in [5.41, 5.74) is 1.27. The van der Waals surface area contributed by atoms with Gasteiger partial charge in [0.15, 0.2) is 0 Å². The van der Waals surface area contributed by atoms with Gasteiger partial charge in [0, 0.05) is 0 Å². The van der Waals surface area contributed by atoms with Crippen LogP contribution >= 0.6 is 0 Å². The van der Waals surface area contributed by atoms with Crippen LogP contribution in [0.2, 0.25) is 0 Å². The molecule has 0 atom stereocenters. The van der Waals surface area contributed by atoms with Crippen LogP contribution in [0, 0.1) is 5.92 Å². The minimum absolute atomic E-state index is 0.607. The molecule has 0 aliphatic rings. The van der Waals surface area contributed by atoms with Crippen LogP contribution in [0.3, 0.4) is 0 Å². The normalized spacial score (nSPS) is 12.9. The summed E-state index contributed by atoms with van der Waals surface area (Å²) in [6.07, 6.45) is 7.04. The van der Waals surface area contributed by atoms with Gasteiger partial charge in [-0.3, -0.25) is 0 Å². The van der Waals surface area contributed by atoms with Crippen LogP contribution < -0.4 is 0 Å². The van der Waals surface area contributed by atoms with Gasteiger partial charge < -0.3 is 4.74 Å². The molecule has 0 amide bonds. The Bertz CT molecular complexity index is 154. The van der Waals surface area contributed by atoms with E-state index in [9.17, 15) is 0 Å². The van der Waals surface area contributed by atoms with Crippen molar-refractivity contribution in [3.05, 3.63) is 24.0 Å². The van der Waals surface area contributed by atoms with Gasteiger partial charge in [-0.1, -0.05) is 26.0 Å². The van der Waals surface area contributed by atoms with Crippen LogP contribution in [0.25, 0.3) is 0 Å². The Morgan fingerprint density at radius 3 is 2.58 bits per heavy atom. The van der Waals surface area contributed by atoms with E-state index in [4.69, 9.17) is 4.74 Å². The maximum atomic E-state index is 5.36. The molecule has 0 saturated carbocycles. The minimum Gasteiger partial charge on any atom is -0.501 e. The highest BCUT2D eigenvalue weighted by molar-refractivity contribution is 5.00. The second kappa shape index (κ2) is 6.96. The molecular formula is C11H20O. The van der Waals surface area contributed by atoms with E-state index in [1.165, 1.54) is 5.57 Å². The molecule has 0 unspecified atom stereocenters. The molecule has 0 aromatic heterocycles. The van der Waals surface area contributed by atoms with Gasteiger partial charge in [-0.15, -0.1) is 0 Å². The van der Waals surface area contributed by atoms with Crippen molar-refractivity contribution in [2.45, 2.75) is 34.1 Å². The van der Waals surface area contributed by atoms with E-state index in [1.807, 2.05) is 13.2 Å². The Labute approximate surface area is 76.1 Å². The predicted octanol–water partition coefficient (Wildman–Crippen LogP) is 3.53. The maximum absolute atomic E-state index is 5.36. The standard InChI is InChI=1S/C11H20O/c1-5-6-7-11(4)9-12-8-10(2)3/h5-6,9-10H,7-8H2,1-4H3. The Morgan fingerprint density at radius 1 is 1.42 bits per heavy atom. The highest BCUT2D eigenvalue weighted by Crippen LogP contribution is 2.02. The van der Waals surface area contributed by atoms with E-state index in [2.05, 4.69) is 32.9 Å². The van der Waals surface area contributed by atoms with Crippen molar-refractivity contribution >= 4 is 0 Å². The SMILES string of the molecule is CC=CCC(C)=COCC(C)C. The highest BCUT2D eigenvalue weighted by Gasteiger charge is 1.91. The van der Waals surface area contributed by atoms with Crippen molar-refractivity contribution in [1.29, 1.82) is 0 Å². The van der Waals surface area contributed by atoms with E-state index in [0.717, 1.165) is 13.0 Å². The Morgan fingerprint density at radius 2 is 2.08 bits per heavy atom. The van der Waals surface area contributed by atoms with E-state index >= 15 is 0 Å². The van der Waals surface area contributed by atoms with Crippen molar-refractivity contribution in [2.24, 2.45) is 5.92 Å². The van der Waals surface area contributed by atoms with Crippen LogP contribution in [0.4, 0.5) is 0 Å². The van der Waals surface area contributed by atoms with Crippen LogP contribution in [0.1, 0.15) is 34.1 Å². The molecule has 0 aliphatic heterocycles. The Kier molecular flexibility index (Phi) is 6.54. The average molecular weight is 168 g/mol. The van der Waals surface area contributed by atoms with E-state index in [1.54, 1.807) is 0 Å². The minimum atomic E-state index is 0.607. The van der Waals surface area contributed by atoms with Crippen molar-refractivity contribution in [3.63, 3.8) is 0 Å². The summed E-state index contributed by atoms with van der Waals surface area (Å²) in [6, 6.07) is 0. The molecule has 12 heavy (non-hydrogen) atoms. The molecule has 0 bridgehead atoms. The predicted molar refractivity (Wildman–Crippen MR) is 54.0 cm³/mol. The third kappa shape index (κ3) is 7.39. The lowest BCUT2D eigenvalue weighted by Crippen LogP contribution is -1.96. The summed E-state index contributed by atoms with van der Waals surface area (Å²) in [5.74, 6) is 0.607. The smallest absolute Gasteiger partial charge is 0.0896 e. The largest absolute Gasteiger partial charge is 0.501 e. The fraction of sp³-hybridized carbons (Fsp3) is 0.636. The van der Waals surface area contributed by atoms with Crippen molar-refractivity contribution in [2.75, 3.05) is 6.61 Å². The van der Waals surface area contributed by atoms with Crippen molar-refractivity contribution in [1.82, 2.24) is 0 Å². The monoisotopic (exact) mass is 168 g/mol. The molecule has 0 aromatic carbocycles. The fourth-order valence-corrected chi connectivity index (χ4v) is 0.735. The average Bonchev–Trinajstić information content (AvgIpc) is 2.00. The van der Waals surface area contributed by atoms with Gasteiger partial charge in [-0.05, 0) is 31.8 Å². The highest BCUT2D eigenvalue weighted by atomic mass is 16.5. The summed E-state index contributed by atoms with van der Waals surface area (Å²) in [6.45, 7) is 9.22. The van der Waals surface area contributed by atoms with Gasteiger partial charge >= 0.3 is 0 Å². The summed E-state index contributed by atoms with van der Waals surface area (Å²) >= 11 is 0. The Balaban J connectivity index is 3.54. The zero-order chi connectivity index (χ0) is 9.40. The lowest BCUT2D eigenvalue weighted by molar-refractivity contribution is 0.209. The van der Waals surface area contributed by atoms with E-state index in [-0.39, 0.29) is 0 Å². The molecule has 0 spiro atoms. The molecule has 1 nitrogen and oxygen atoms in total. The number of ether oxygens (including phenoxy) is 1. The topological polar surface area (TPSA) is 9.23 Å². The van der Waals surface area contributed by atoms with E-state index < -0.39 is 0 Å². The first-order valence-corrected chi connectivity index (χ1v) is 4.55. The molecule has 0 fully saturated rings. The Hall–Kier alpha value is -0.720. The molecule has 0 saturated heterocycles. The molecule has 0 aromatic rings. The molecule has 0 N–H and O–H groups in total. The fourth-order valence-electron chi connectivity index (χ4n) is 0.735. The third-order valence-electron chi connectivity index (χ3n) is 1.39. The summed E-state index contributed by atoms with van der Waals surface area (Å²) < 4.78 is 5.36. The van der Waals surface area contributed by atoms with E-state index in [0.29, 0.717) is 5.92 Å². The van der Waals surface area contributed by atoms with Crippen LogP contribution in [-0.2, 0) is 4.74 Å². The van der Waals surface area contributed by atoms with Crippen LogP contribution in [-0.4, -0.2) is 6.61 Å². The van der Waals surface area contributed by atoms with Gasteiger partial charge in [0.2, 0.25) is 0 Å². The quantitative estimate of drug-likeness (QED) is 0.451. The maximum Gasteiger partial charge on any atom is 0.0896 e. The van der Waals surface area contributed by atoms with Gasteiger partial charge in [-0.25, -0.2) is 0 Å². The third-order valence-corrected chi connectivity index (χ3v) is 1.39. The van der Waals surface area contributed by atoms with Crippen molar-refractivity contribution in [3.8, 4) is 0 Å². The first-order chi connectivity index (χ1) is 5.66. The molecular weight excluding hydrogens is 148 g/mol. The number of rotatable bonds is 5. The van der Waals surface area contributed by atoms with Gasteiger partial charge in [0.25, 0.3) is 0 Å². The van der Waals surface area contributed by atoms with Gasteiger partial charge in [0.1, 0.15) is 0 Å². The second-order valence-corrected chi connectivity index (χ2v) is 3.46. The van der Waals surface area contributed by atoms with Crippen LogP contribution in [0.15, 0.2) is 24.0 Å². The first-order valence-electron chi connectivity index (χ1n) is 4.55. The summed E-state index contributed by atoms with van der Waals surface area (Å²) in [4.78, 5) is 0. The number of hydrogen-bond donors (Lipinski definition) is 0. The molecule has 70 valence electrons. The molecule has 0 aliphatic carbocycles. The molecule has 0 radical (unpaired) electrons. The van der Waals surface area contributed by atoms with Gasteiger partial charge in [-0.2, -0.15) is 0 Å². The van der Waals surface area contributed by atoms with Crippen LogP contribution in [0.5, 0.6) is 0 Å². The molecule has 0 heterocycles. The number of hydrogen-bond acceptors (Lipinski definition) is 1. The lowest BCUT2D eigenvalue weighted by atomic mass is 10.2. The summed E-state index contributed by atoms with van der Waals surface area (Å²) in [5, 5.41) is 0. The zero-order valence-electron chi connectivity index (χ0n) is 8.63.